The highest BCUT2D eigenvalue weighted by molar-refractivity contribution is 5.76. The van der Waals surface area contributed by atoms with E-state index in [1.54, 1.807) is 6.08 Å². The zero-order valence-corrected chi connectivity index (χ0v) is 45.1. The normalized spacial score (nSPS) is 13.1. The summed E-state index contributed by atoms with van der Waals surface area (Å²) in [6.07, 6.45) is 73.8. The second-order valence-corrected chi connectivity index (χ2v) is 20.0. The Kier molecular flexibility index (Phi) is 55.1. The maximum Gasteiger partial charge on any atom is 0.305 e. The molecule has 0 radical (unpaired) electrons. The van der Waals surface area contributed by atoms with Gasteiger partial charge in [-0.05, 0) is 96.3 Å². The van der Waals surface area contributed by atoms with E-state index in [0.29, 0.717) is 19.4 Å². The third-order valence-corrected chi connectivity index (χ3v) is 13.3. The average molecular weight is 953 g/mol. The lowest BCUT2D eigenvalue weighted by atomic mass is 10.0. The fourth-order valence-corrected chi connectivity index (χ4v) is 8.71. The Morgan fingerprint density at radius 2 is 0.779 bits per heavy atom. The third kappa shape index (κ3) is 52.9. The first kappa shape index (κ1) is 65.6. The van der Waals surface area contributed by atoms with Gasteiger partial charge in [-0.15, -0.1) is 0 Å². The van der Waals surface area contributed by atoms with E-state index in [4.69, 9.17) is 4.74 Å². The van der Waals surface area contributed by atoms with Gasteiger partial charge in [-0.25, -0.2) is 0 Å². The van der Waals surface area contributed by atoms with Gasteiger partial charge < -0.3 is 20.3 Å². The number of aliphatic hydroxyl groups excluding tert-OH is 2. The van der Waals surface area contributed by atoms with Crippen LogP contribution in [-0.4, -0.2) is 47.4 Å². The van der Waals surface area contributed by atoms with Gasteiger partial charge in [0.25, 0.3) is 0 Å². The van der Waals surface area contributed by atoms with Crippen LogP contribution in [-0.2, 0) is 14.3 Å². The minimum absolute atomic E-state index is 0.0283. The molecule has 2 atom stereocenters. The molecule has 1 amide bonds. The molecule has 0 aromatic carbocycles. The van der Waals surface area contributed by atoms with Gasteiger partial charge in [0.2, 0.25) is 5.91 Å². The number of esters is 1. The van der Waals surface area contributed by atoms with Crippen molar-refractivity contribution in [1.82, 2.24) is 5.32 Å². The van der Waals surface area contributed by atoms with Crippen LogP contribution in [0.15, 0.2) is 60.8 Å². The molecular weight excluding hydrogens is 839 g/mol. The molecule has 0 aliphatic carbocycles. The fourth-order valence-electron chi connectivity index (χ4n) is 8.71. The maximum atomic E-state index is 12.5. The van der Waals surface area contributed by atoms with Crippen molar-refractivity contribution in [3.8, 4) is 0 Å². The van der Waals surface area contributed by atoms with Crippen LogP contribution in [0.1, 0.15) is 296 Å². The topological polar surface area (TPSA) is 95.9 Å². The SMILES string of the molecule is CCCCCC/C=C\C/C=C\CCCCCCCC(=O)OCCCCC/C=C\C=C/CCCCCCCCCCCCC(=O)NC(CO)C(O)/C=C/CCCCCCCCCCCCCCCC. The predicted molar refractivity (Wildman–Crippen MR) is 296 cm³/mol. The number of ether oxygens (including phenoxy) is 1. The Morgan fingerprint density at radius 1 is 0.426 bits per heavy atom. The van der Waals surface area contributed by atoms with Gasteiger partial charge in [0.05, 0.1) is 25.4 Å². The van der Waals surface area contributed by atoms with Gasteiger partial charge in [-0.3, -0.25) is 9.59 Å². The van der Waals surface area contributed by atoms with Gasteiger partial charge in [-0.1, -0.05) is 248 Å². The molecule has 6 nitrogen and oxygen atoms in total. The molecule has 0 rings (SSSR count). The molecule has 0 bridgehead atoms. The Bertz CT molecular complexity index is 1190. The van der Waals surface area contributed by atoms with E-state index in [0.717, 1.165) is 89.9 Å². The highest BCUT2D eigenvalue weighted by Crippen LogP contribution is 2.16. The molecule has 0 aliphatic heterocycles. The highest BCUT2D eigenvalue weighted by atomic mass is 16.5. The number of nitrogens with one attached hydrogen (secondary N) is 1. The van der Waals surface area contributed by atoms with Crippen molar-refractivity contribution >= 4 is 11.9 Å². The van der Waals surface area contributed by atoms with E-state index in [2.05, 4.69) is 67.8 Å². The second kappa shape index (κ2) is 57.1. The molecule has 0 heterocycles. The Hall–Kier alpha value is -2.44. The summed E-state index contributed by atoms with van der Waals surface area (Å²) in [6, 6.07) is -0.637. The lowest BCUT2D eigenvalue weighted by Gasteiger charge is -2.20. The van der Waals surface area contributed by atoms with Crippen LogP contribution in [0.2, 0.25) is 0 Å². The predicted octanol–water partition coefficient (Wildman–Crippen LogP) is 18.4. The highest BCUT2D eigenvalue weighted by Gasteiger charge is 2.18. The molecule has 0 fully saturated rings. The second-order valence-electron chi connectivity index (χ2n) is 20.0. The molecule has 0 saturated carbocycles. The van der Waals surface area contributed by atoms with Crippen molar-refractivity contribution in [3.05, 3.63) is 60.8 Å². The monoisotopic (exact) mass is 952 g/mol. The van der Waals surface area contributed by atoms with Crippen LogP contribution < -0.4 is 5.32 Å². The summed E-state index contributed by atoms with van der Waals surface area (Å²) in [5.41, 5.74) is 0. The van der Waals surface area contributed by atoms with E-state index < -0.39 is 12.1 Å². The summed E-state index contributed by atoms with van der Waals surface area (Å²) in [6.45, 7) is 4.84. The molecule has 0 aromatic heterocycles. The number of hydrogen-bond acceptors (Lipinski definition) is 5. The van der Waals surface area contributed by atoms with Crippen LogP contribution in [0.4, 0.5) is 0 Å². The molecule has 6 heteroatoms. The third-order valence-electron chi connectivity index (χ3n) is 13.3. The number of hydrogen-bond donors (Lipinski definition) is 3. The zero-order valence-electron chi connectivity index (χ0n) is 45.1. The summed E-state index contributed by atoms with van der Waals surface area (Å²) in [7, 11) is 0. The van der Waals surface area contributed by atoms with E-state index in [1.807, 2.05) is 6.08 Å². The van der Waals surface area contributed by atoms with E-state index >= 15 is 0 Å². The minimum Gasteiger partial charge on any atom is -0.466 e. The number of rotatable bonds is 54. The van der Waals surface area contributed by atoms with Crippen LogP contribution in [0.3, 0.4) is 0 Å². The van der Waals surface area contributed by atoms with Crippen molar-refractivity contribution in [2.75, 3.05) is 13.2 Å². The van der Waals surface area contributed by atoms with Crippen LogP contribution in [0.25, 0.3) is 0 Å². The molecule has 0 aromatic rings. The lowest BCUT2D eigenvalue weighted by Crippen LogP contribution is -2.45. The van der Waals surface area contributed by atoms with Crippen LogP contribution in [0, 0.1) is 0 Å². The first-order valence-corrected chi connectivity index (χ1v) is 29.6. The van der Waals surface area contributed by atoms with Crippen LogP contribution >= 0.6 is 0 Å². The number of allylic oxidation sites excluding steroid dienone is 9. The van der Waals surface area contributed by atoms with Crippen molar-refractivity contribution in [3.63, 3.8) is 0 Å². The van der Waals surface area contributed by atoms with Gasteiger partial charge in [0.1, 0.15) is 0 Å². The number of amides is 1. The van der Waals surface area contributed by atoms with Crippen molar-refractivity contribution in [2.45, 2.75) is 309 Å². The van der Waals surface area contributed by atoms with Gasteiger partial charge in [0.15, 0.2) is 0 Å². The van der Waals surface area contributed by atoms with Crippen LogP contribution in [0.5, 0.6) is 0 Å². The minimum atomic E-state index is -0.853. The maximum absolute atomic E-state index is 12.5. The Morgan fingerprint density at radius 3 is 1.22 bits per heavy atom. The quantitative estimate of drug-likeness (QED) is 0.0244. The molecule has 2 unspecified atom stereocenters. The summed E-state index contributed by atoms with van der Waals surface area (Å²) in [5, 5.41) is 23.1. The largest absolute Gasteiger partial charge is 0.466 e. The van der Waals surface area contributed by atoms with Crippen molar-refractivity contribution in [2.24, 2.45) is 0 Å². The number of carbonyl (C=O) groups is 2. The Labute approximate surface area is 422 Å². The zero-order chi connectivity index (χ0) is 49.3. The fraction of sp³-hybridized carbons (Fsp3) is 0.806. The standard InChI is InChI=1S/C62H113NO5/c1-3-5-7-9-11-13-15-17-19-26-30-34-38-42-46-50-54-60(65)59(58-64)63-61(66)55-51-47-43-39-35-31-27-24-22-21-23-25-29-33-37-41-45-49-53-57-68-62(67)56-52-48-44-40-36-32-28-20-18-16-14-12-10-8-6-4-2/h14,16,20,25,28-29,33,37,50,54,59-60,64-65H,3-13,15,17-19,21-24,26-27,30-32,34-36,38-49,51-53,55-58H2,1-2H3,(H,63,66)/b16-14-,28-20-,29-25-,37-33-,54-50+. The summed E-state index contributed by atoms with van der Waals surface area (Å²) >= 11 is 0. The summed E-state index contributed by atoms with van der Waals surface area (Å²) in [5.74, 6) is -0.107. The van der Waals surface area contributed by atoms with E-state index in [1.165, 1.54) is 180 Å². The van der Waals surface area contributed by atoms with Crippen molar-refractivity contribution in [1.29, 1.82) is 0 Å². The molecular formula is C62H113NO5. The van der Waals surface area contributed by atoms with Gasteiger partial charge >= 0.3 is 5.97 Å². The first-order chi connectivity index (χ1) is 33.5. The van der Waals surface area contributed by atoms with Crippen molar-refractivity contribution < 1.29 is 24.5 Å². The average Bonchev–Trinajstić information content (AvgIpc) is 3.34. The van der Waals surface area contributed by atoms with E-state index in [-0.39, 0.29) is 18.5 Å². The Balaban J connectivity index is 3.52. The molecule has 396 valence electrons. The number of carbonyl (C=O) groups excluding carboxylic acids is 2. The smallest absolute Gasteiger partial charge is 0.305 e. The summed E-state index contributed by atoms with van der Waals surface area (Å²) < 4.78 is 5.45. The van der Waals surface area contributed by atoms with E-state index in [9.17, 15) is 19.8 Å². The molecule has 0 spiro atoms. The first-order valence-electron chi connectivity index (χ1n) is 29.6. The molecule has 0 saturated heterocycles. The number of aliphatic hydroxyl groups is 2. The summed E-state index contributed by atoms with van der Waals surface area (Å²) in [4.78, 5) is 24.5. The number of unbranched alkanes of at least 4 members (excludes halogenated alkanes) is 36. The molecule has 3 N–H and O–H groups in total. The molecule has 68 heavy (non-hydrogen) atoms. The van der Waals surface area contributed by atoms with Gasteiger partial charge in [-0.2, -0.15) is 0 Å². The molecule has 0 aliphatic rings. The lowest BCUT2D eigenvalue weighted by molar-refractivity contribution is -0.143. The van der Waals surface area contributed by atoms with Gasteiger partial charge in [0, 0.05) is 12.8 Å².